The van der Waals surface area contributed by atoms with Gasteiger partial charge in [0.15, 0.2) is 12.6 Å². The lowest BCUT2D eigenvalue weighted by molar-refractivity contribution is -0.360. The standard InChI is InChI=1S/C35H66O5/c1-15-18(4)29-23(9)25(11)32(28(14)36-29)39-35-33(26(12)24(10)31(38-35)20(6)17-3)40-34-27(13)21(7)22(8)30(37-34)19(5)16-2/h18-35H,15-17H2,1-14H3/t18-,19-,20-,21+,22+,23+,24+,25+,26+,27?,28-,29?,30?,31?,32?,33?,34-,35-/m1/s1. The SMILES string of the molecule is CC[C@@H](C)C1O[C@H](OC2[C@@H](OC3[C@@H](C)[C@H](C)C([C@H](C)CC)O[C@@H]3C)OC([C@H](C)CC)[C@@H](C)[C@@H]2C)C(C)[C@@H](C)[C@@H]1C. The largest absolute Gasteiger partial charge is 0.372 e. The van der Waals surface area contributed by atoms with Crippen LogP contribution in [0.5, 0.6) is 0 Å². The third kappa shape index (κ3) is 6.95. The highest BCUT2D eigenvalue weighted by molar-refractivity contribution is 4.94. The summed E-state index contributed by atoms with van der Waals surface area (Å²) in [6, 6.07) is 0. The first kappa shape index (κ1) is 34.3. The molecule has 18 atom stereocenters. The van der Waals surface area contributed by atoms with Crippen molar-refractivity contribution >= 4 is 0 Å². The van der Waals surface area contributed by atoms with Crippen LogP contribution < -0.4 is 0 Å². The van der Waals surface area contributed by atoms with Crippen LogP contribution in [0.15, 0.2) is 0 Å². The summed E-state index contributed by atoms with van der Waals surface area (Å²) in [7, 11) is 0. The second kappa shape index (κ2) is 14.5. The summed E-state index contributed by atoms with van der Waals surface area (Å²) in [5.74, 6) is 4.25. The molecule has 3 saturated heterocycles. The van der Waals surface area contributed by atoms with Gasteiger partial charge >= 0.3 is 0 Å². The van der Waals surface area contributed by atoms with Gasteiger partial charge in [-0.25, -0.2) is 0 Å². The van der Waals surface area contributed by atoms with Crippen molar-refractivity contribution in [2.75, 3.05) is 0 Å². The minimum Gasteiger partial charge on any atom is -0.372 e. The van der Waals surface area contributed by atoms with Crippen LogP contribution in [0.2, 0.25) is 0 Å². The van der Waals surface area contributed by atoms with Crippen LogP contribution in [0.3, 0.4) is 0 Å². The van der Waals surface area contributed by atoms with Crippen LogP contribution in [-0.4, -0.2) is 49.2 Å². The maximum absolute atomic E-state index is 7.05. The van der Waals surface area contributed by atoms with Gasteiger partial charge in [0.25, 0.3) is 0 Å². The van der Waals surface area contributed by atoms with Crippen LogP contribution in [0.4, 0.5) is 0 Å². The quantitative estimate of drug-likeness (QED) is 0.265. The van der Waals surface area contributed by atoms with E-state index in [1.54, 1.807) is 0 Å². The van der Waals surface area contributed by atoms with E-state index >= 15 is 0 Å². The summed E-state index contributed by atoms with van der Waals surface area (Å²) in [5.41, 5.74) is 0. The van der Waals surface area contributed by atoms with Gasteiger partial charge in [-0.3, -0.25) is 0 Å². The Hall–Kier alpha value is -0.200. The summed E-state index contributed by atoms with van der Waals surface area (Å²) in [4.78, 5) is 0. The van der Waals surface area contributed by atoms with Gasteiger partial charge < -0.3 is 23.7 Å². The first-order chi connectivity index (χ1) is 18.8. The van der Waals surface area contributed by atoms with Crippen LogP contribution in [0.25, 0.3) is 0 Å². The molecule has 3 aliphatic heterocycles. The van der Waals surface area contributed by atoms with Gasteiger partial charge in [-0.1, -0.05) is 109 Å². The van der Waals surface area contributed by atoms with Crippen molar-refractivity contribution in [2.24, 2.45) is 59.2 Å². The number of hydrogen-bond donors (Lipinski definition) is 0. The molecule has 40 heavy (non-hydrogen) atoms. The molecule has 0 aromatic carbocycles. The predicted octanol–water partition coefficient (Wildman–Crippen LogP) is 8.58. The number of rotatable bonds is 10. The molecule has 0 aromatic heterocycles. The number of hydrogen-bond acceptors (Lipinski definition) is 5. The molecule has 0 spiro atoms. The first-order valence-corrected chi connectivity index (χ1v) is 17.1. The van der Waals surface area contributed by atoms with E-state index in [0.717, 1.165) is 19.3 Å². The Morgan fingerprint density at radius 2 is 0.825 bits per heavy atom. The highest BCUT2D eigenvalue weighted by Gasteiger charge is 2.51. The summed E-state index contributed by atoms with van der Waals surface area (Å²) in [5, 5.41) is 0. The summed E-state index contributed by atoms with van der Waals surface area (Å²) in [6.07, 6.45) is 3.00. The zero-order valence-electron chi connectivity index (χ0n) is 28.6. The van der Waals surface area contributed by atoms with Gasteiger partial charge in [0, 0.05) is 5.92 Å². The predicted molar refractivity (Wildman–Crippen MR) is 164 cm³/mol. The summed E-state index contributed by atoms with van der Waals surface area (Å²) in [6.45, 7) is 32.3. The molecule has 3 heterocycles. The number of ether oxygens (including phenoxy) is 5. The monoisotopic (exact) mass is 566 g/mol. The van der Waals surface area contributed by atoms with Crippen molar-refractivity contribution in [3.63, 3.8) is 0 Å². The lowest BCUT2D eigenvalue weighted by Gasteiger charge is -2.52. The van der Waals surface area contributed by atoms with Crippen LogP contribution >= 0.6 is 0 Å². The molecule has 0 amide bonds. The van der Waals surface area contributed by atoms with E-state index in [4.69, 9.17) is 23.7 Å². The fraction of sp³-hybridized carbons (Fsp3) is 1.00. The Bertz CT molecular complexity index is 760. The Kier molecular flexibility index (Phi) is 12.4. The van der Waals surface area contributed by atoms with E-state index in [2.05, 4.69) is 96.9 Å². The van der Waals surface area contributed by atoms with E-state index < -0.39 is 6.29 Å². The van der Waals surface area contributed by atoms with Crippen molar-refractivity contribution in [3.8, 4) is 0 Å². The minimum atomic E-state index is -0.441. The van der Waals surface area contributed by atoms with E-state index in [1.807, 2.05) is 0 Å². The molecule has 3 aliphatic rings. The molecule has 0 saturated carbocycles. The second-order valence-electron chi connectivity index (χ2n) is 14.6. The smallest absolute Gasteiger partial charge is 0.184 e. The lowest BCUT2D eigenvalue weighted by atomic mass is 9.75. The third-order valence-corrected chi connectivity index (χ3v) is 12.2. The van der Waals surface area contributed by atoms with E-state index in [0.29, 0.717) is 53.3 Å². The molecule has 0 N–H and O–H groups in total. The molecular formula is C35H66O5. The van der Waals surface area contributed by atoms with Gasteiger partial charge in [0.1, 0.15) is 6.10 Å². The molecule has 0 radical (unpaired) electrons. The molecule has 236 valence electrons. The van der Waals surface area contributed by atoms with Crippen molar-refractivity contribution in [1.29, 1.82) is 0 Å². The highest BCUT2D eigenvalue weighted by Crippen LogP contribution is 2.44. The average Bonchev–Trinajstić information content (AvgIpc) is 2.94. The lowest BCUT2D eigenvalue weighted by Crippen LogP contribution is -2.59. The van der Waals surface area contributed by atoms with Gasteiger partial charge in [0.2, 0.25) is 0 Å². The second-order valence-corrected chi connectivity index (χ2v) is 14.6. The Morgan fingerprint density at radius 1 is 0.450 bits per heavy atom. The van der Waals surface area contributed by atoms with Crippen molar-refractivity contribution < 1.29 is 23.7 Å². The van der Waals surface area contributed by atoms with Crippen molar-refractivity contribution in [3.05, 3.63) is 0 Å². The fourth-order valence-corrected chi connectivity index (χ4v) is 7.76. The molecule has 5 nitrogen and oxygen atoms in total. The first-order valence-electron chi connectivity index (χ1n) is 17.1. The van der Waals surface area contributed by atoms with Crippen LogP contribution in [0, 0.1) is 59.2 Å². The average molecular weight is 567 g/mol. The molecule has 0 bridgehead atoms. The molecule has 0 aliphatic carbocycles. The van der Waals surface area contributed by atoms with Gasteiger partial charge in [0.05, 0.1) is 30.5 Å². The topological polar surface area (TPSA) is 46.2 Å². The molecular weight excluding hydrogens is 500 g/mol. The maximum atomic E-state index is 7.05. The zero-order chi connectivity index (χ0) is 30.0. The summed E-state index contributed by atoms with van der Waals surface area (Å²) >= 11 is 0. The van der Waals surface area contributed by atoms with Gasteiger partial charge in [-0.15, -0.1) is 0 Å². The normalized spacial score (nSPS) is 48.9. The van der Waals surface area contributed by atoms with Crippen LogP contribution in [-0.2, 0) is 23.7 Å². The Labute approximate surface area is 248 Å². The van der Waals surface area contributed by atoms with E-state index in [1.165, 1.54) is 0 Å². The maximum Gasteiger partial charge on any atom is 0.184 e. The van der Waals surface area contributed by atoms with Crippen molar-refractivity contribution in [1.82, 2.24) is 0 Å². The molecule has 3 rings (SSSR count). The molecule has 0 aromatic rings. The summed E-state index contributed by atoms with van der Waals surface area (Å²) < 4.78 is 34.5. The molecule has 6 unspecified atom stereocenters. The van der Waals surface area contributed by atoms with Crippen molar-refractivity contribution in [2.45, 2.75) is 165 Å². The Morgan fingerprint density at radius 3 is 1.30 bits per heavy atom. The minimum absolute atomic E-state index is 0.00617. The van der Waals surface area contributed by atoms with E-state index in [-0.39, 0.29) is 48.8 Å². The fourth-order valence-electron chi connectivity index (χ4n) is 7.76. The molecule has 3 fully saturated rings. The third-order valence-electron chi connectivity index (χ3n) is 12.2. The van der Waals surface area contributed by atoms with Crippen LogP contribution in [0.1, 0.15) is 116 Å². The van der Waals surface area contributed by atoms with Gasteiger partial charge in [-0.2, -0.15) is 0 Å². The van der Waals surface area contributed by atoms with Gasteiger partial charge in [-0.05, 0) is 60.2 Å². The molecule has 5 heteroatoms. The highest BCUT2D eigenvalue weighted by atomic mass is 16.7. The van der Waals surface area contributed by atoms with E-state index in [9.17, 15) is 0 Å². The zero-order valence-corrected chi connectivity index (χ0v) is 28.6. The Balaban J connectivity index is 1.88.